The maximum absolute atomic E-state index is 13.1. The summed E-state index contributed by atoms with van der Waals surface area (Å²) in [4.78, 5) is 26.2. The fraction of sp³-hybridized carbons (Fsp3) is 0.0625. The molecule has 2 N–H and O–H groups in total. The molecule has 0 saturated carbocycles. The minimum Gasteiger partial charge on any atom is -0.347 e. The van der Waals surface area contributed by atoms with Crippen molar-refractivity contribution in [3.8, 4) is 22.3 Å². The lowest BCUT2D eigenvalue weighted by molar-refractivity contribution is -0.137. The van der Waals surface area contributed by atoms with Crippen molar-refractivity contribution in [1.29, 1.82) is 0 Å². The first-order valence-electron chi connectivity index (χ1n) is 12.4. The number of anilines is 1. The van der Waals surface area contributed by atoms with Crippen LogP contribution >= 0.6 is 11.3 Å². The first kappa shape index (κ1) is 26.9. The van der Waals surface area contributed by atoms with E-state index < -0.39 is 17.6 Å². The van der Waals surface area contributed by atoms with Gasteiger partial charge in [0.2, 0.25) is 0 Å². The molecule has 0 saturated heterocycles. The number of benzene rings is 4. The van der Waals surface area contributed by atoms with E-state index in [1.54, 1.807) is 36.4 Å². The molecule has 1 heterocycles. The molecule has 0 spiro atoms. The van der Waals surface area contributed by atoms with Gasteiger partial charge in [-0.3, -0.25) is 9.59 Å². The number of hydrogen-bond donors (Lipinski definition) is 2. The van der Waals surface area contributed by atoms with Crippen molar-refractivity contribution in [2.24, 2.45) is 0 Å². The highest BCUT2D eigenvalue weighted by atomic mass is 32.1. The van der Waals surface area contributed by atoms with Gasteiger partial charge in [0.15, 0.2) is 0 Å². The molecule has 0 fully saturated rings. The van der Waals surface area contributed by atoms with Crippen LogP contribution in [0.2, 0.25) is 0 Å². The lowest BCUT2D eigenvalue weighted by Crippen LogP contribution is -2.21. The summed E-state index contributed by atoms with van der Waals surface area (Å²) in [5.41, 5.74) is 3.70. The number of amides is 2. The lowest BCUT2D eigenvalue weighted by Gasteiger charge is -2.11. The molecule has 4 nitrogen and oxygen atoms in total. The summed E-state index contributed by atoms with van der Waals surface area (Å²) in [6.45, 7) is 0.355. The van der Waals surface area contributed by atoms with Gasteiger partial charge in [-0.2, -0.15) is 13.2 Å². The molecule has 0 aliphatic heterocycles. The highest BCUT2D eigenvalue weighted by Gasteiger charge is 2.30. The third-order valence-corrected chi connectivity index (χ3v) is 7.28. The largest absolute Gasteiger partial charge is 0.416 e. The van der Waals surface area contributed by atoms with Crippen LogP contribution in [0, 0.1) is 0 Å². The normalized spacial score (nSPS) is 11.2. The smallest absolute Gasteiger partial charge is 0.347 e. The Labute approximate surface area is 233 Å². The standard InChI is InChI=1S/C32H23F3N2O2S/c33-32(34,35)25-16-14-24(15-17-25)26-8-4-5-9-27(26)30(38)37-29-19-18-28(40-29)31(39)36-20-21-10-12-23(13-11-21)22-6-2-1-3-7-22/h1-19H,20H2,(H,36,39)(H,37,38). The maximum atomic E-state index is 13.1. The molecule has 200 valence electrons. The molecule has 4 aromatic carbocycles. The maximum Gasteiger partial charge on any atom is 0.416 e. The van der Waals surface area contributed by atoms with Crippen LogP contribution < -0.4 is 10.6 Å². The van der Waals surface area contributed by atoms with Crippen molar-refractivity contribution in [3.63, 3.8) is 0 Å². The number of nitrogens with one attached hydrogen (secondary N) is 2. The molecule has 1 aromatic heterocycles. The number of carbonyl (C=O) groups is 2. The van der Waals surface area contributed by atoms with Gasteiger partial charge < -0.3 is 10.6 Å². The Hall–Kier alpha value is -4.69. The monoisotopic (exact) mass is 556 g/mol. The van der Waals surface area contributed by atoms with Crippen molar-refractivity contribution in [1.82, 2.24) is 5.32 Å². The van der Waals surface area contributed by atoms with Gasteiger partial charge in [0, 0.05) is 12.1 Å². The lowest BCUT2D eigenvalue weighted by atomic mass is 9.98. The van der Waals surface area contributed by atoms with Crippen molar-refractivity contribution < 1.29 is 22.8 Å². The van der Waals surface area contributed by atoms with E-state index in [0.717, 1.165) is 40.2 Å². The van der Waals surface area contributed by atoms with E-state index in [1.807, 2.05) is 54.6 Å². The SMILES string of the molecule is O=C(NCc1ccc(-c2ccccc2)cc1)c1ccc(NC(=O)c2ccccc2-c2ccc(C(F)(F)F)cc2)s1. The Bertz CT molecular complexity index is 1630. The number of rotatable bonds is 7. The zero-order valence-corrected chi connectivity index (χ0v) is 21.9. The van der Waals surface area contributed by atoms with Crippen LogP contribution in [0.1, 0.15) is 31.2 Å². The van der Waals surface area contributed by atoms with Crippen LogP contribution in [0.4, 0.5) is 18.2 Å². The molecule has 5 rings (SSSR count). The molecule has 0 unspecified atom stereocenters. The zero-order valence-electron chi connectivity index (χ0n) is 21.0. The molecule has 0 aliphatic rings. The van der Waals surface area contributed by atoms with Gasteiger partial charge in [0.05, 0.1) is 15.4 Å². The van der Waals surface area contributed by atoms with Crippen molar-refractivity contribution in [2.45, 2.75) is 12.7 Å². The van der Waals surface area contributed by atoms with Gasteiger partial charge in [0.1, 0.15) is 0 Å². The predicted octanol–water partition coefficient (Wildman–Crippen LogP) is 8.28. The van der Waals surface area contributed by atoms with Crippen LogP contribution in [-0.2, 0) is 12.7 Å². The number of alkyl halides is 3. The third-order valence-electron chi connectivity index (χ3n) is 6.28. The average Bonchev–Trinajstić information content (AvgIpc) is 3.45. The first-order chi connectivity index (χ1) is 19.3. The number of thiophene rings is 1. The topological polar surface area (TPSA) is 58.2 Å². The van der Waals surface area contributed by atoms with E-state index in [1.165, 1.54) is 12.1 Å². The Morgan fingerprint density at radius 1 is 0.650 bits per heavy atom. The Balaban J connectivity index is 1.22. The van der Waals surface area contributed by atoms with Gasteiger partial charge >= 0.3 is 6.18 Å². The Morgan fingerprint density at radius 3 is 1.98 bits per heavy atom. The van der Waals surface area contributed by atoms with E-state index in [-0.39, 0.29) is 5.91 Å². The van der Waals surface area contributed by atoms with Crippen LogP contribution in [0.3, 0.4) is 0 Å². The van der Waals surface area contributed by atoms with E-state index >= 15 is 0 Å². The molecule has 40 heavy (non-hydrogen) atoms. The zero-order chi connectivity index (χ0) is 28.1. The number of carbonyl (C=O) groups excluding carboxylic acids is 2. The number of hydrogen-bond acceptors (Lipinski definition) is 3. The van der Waals surface area contributed by atoms with E-state index in [0.29, 0.717) is 33.1 Å². The summed E-state index contributed by atoms with van der Waals surface area (Å²) < 4.78 is 38.8. The van der Waals surface area contributed by atoms with Crippen molar-refractivity contribution in [2.75, 3.05) is 5.32 Å². The van der Waals surface area contributed by atoms with Crippen molar-refractivity contribution >= 4 is 28.2 Å². The van der Waals surface area contributed by atoms with Gasteiger partial charge in [-0.1, -0.05) is 84.9 Å². The van der Waals surface area contributed by atoms with E-state index in [9.17, 15) is 22.8 Å². The summed E-state index contributed by atoms with van der Waals surface area (Å²) >= 11 is 1.14. The third kappa shape index (κ3) is 6.30. The number of halogens is 3. The molecular weight excluding hydrogens is 533 g/mol. The fourth-order valence-electron chi connectivity index (χ4n) is 4.19. The van der Waals surface area contributed by atoms with Crippen LogP contribution in [-0.4, -0.2) is 11.8 Å². The van der Waals surface area contributed by atoms with Crippen LogP contribution in [0.15, 0.2) is 115 Å². The Morgan fingerprint density at radius 2 is 1.27 bits per heavy atom. The fourth-order valence-corrected chi connectivity index (χ4v) is 5.01. The first-order valence-corrected chi connectivity index (χ1v) is 13.2. The minimum atomic E-state index is -4.44. The molecule has 0 bridgehead atoms. The molecule has 8 heteroatoms. The second-order valence-electron chi connectivity index (χ2n) is 8.98. The highest BCUT2D eigenvalue weighted by Crippen LogP contribution is 2.32. The highest BCUT2D eigenvalue weighted by molar-refractivity contribution is 7.18. The summed E-state index contributed by atoms with van der Waals surface area (Å²) in [6, 6.07) is 32.6. The van der Waals surface area contributed by atoms with Crippen molar-refractivity contribution in [3.05, 3.63) is 137 Å². The Kier molecular flexibility index (Phi) is 7.79. The van der Waals surface area contributed by atoms with Crippen LogP contribution in [0.25, 0.3) is 22.3 Å². The quantitative estimate of drug-likeness (QED) is 0.212. The van der Waals surface area contributed by atoms with Gasteiger partial charge in [-0.15, -0.1) is 11.3 Å². The predicted molar refractivity (Wildman–Crippen MR) is 152 cm³/mol. The van der Waals surface area contributed by atoms with E-state index in [4.69, 9.17) is 0 Å². The summed E-state index contributed by atoms with van der Waals surface area (Å²) in [5, 5.41) is 6.17. The molecule has 0 radical (unpaired) electrons. The summed E-state index contributed by atoms with van der Waals surface area (Å²) in [5.74, 6) is -0.689. The van der Waals surface area contributed by atoms with Gasteiger partial charge in [-0.25, -0.2) is 0 Å². The summed E-state index contributed by atoms with van der Waals surface area (Å²) in [7, 11) is 0. The average molecular weight is 557 g/mol. The van der Waals surface area contributed by atoms with Gasteiger partial charge in [-0.05, 0) is 58.1 Å². The van der Waals surface area contributed by atoms with Gasteiger partial charge in [0.25, 0.3) is 11.8 Å². The molecule has 0 atom stereocenters. The minimum absolute atomic E-state index is 0.261. The molecule has 0 aliphatic carbocycles. The molecular formula is C32H23F3N2O2S. The van der Waals surface area contributed by atoms with E-state index in [2.05, 4.69) is 10.6 Å². The van der Waals surface area contributed by atoms with Crippen LogP contribution in [0.5, 0.6) is 0 Å². The molecule has 2 amide bonds. The summed E-state index contributed by atoms with van der Waals surface area (Å²) in [6.07, 6.45) is -4.44. The second-order valence-corrected chi connectivity index (χ2v) is 10.1. The molecule has 5 aromatic rings. The second kappa shape index (κ2) is 11.6.